The first kappa shape index (κ1) is 15.0. The third-order valence-corrected chi connectivity index (χ3v) is 4.83. The van der Waals surface area contributed by atoms with Crippen molar-refractivity contribution in [2.45, 2.75) is 38.8 Å². The van der Waals surface area contributed by atoms with Gasteiger partial charge in [0.05, 0.1) is 18.9 Å². The van der Waals surface area contributed by atoms with E-state index in [9.17, 15) is 0 Å². The van der Waals surface area contributed by atoms with Crippen molar-refractivity contribution >= 4 is 0 Å². The summed E-state index contributed by atoms with van der Waals surface area (Å²) in [6, 6.07) is 0. The predicted octanol–water partition coefficient (Wildman–Crippen LogP) is 1.83. The van der Waals surface area contributed by atoms with Crippen molar-refractivity contribution in [1.82, 2.24) is 14.7 Å². The van der Waals surface area contributed by atoms with Crippen molar-refractivity contribution < 1.29 is 9.47 Å². The van der Waals surface area contributed by atoms with E-state index in [0.29, 0.717) is 6.10 Å². The number of aryl methyl sites for hydroxylation is 1. The summed E-state index contributed by atoms with van der Waals surface area (Å²) in [6.45, 7) is 7.77. The van der Waals surface area contributed by atoms with Gasteiger partial charge in [0.15, 0.2) is 0 Å². The van der Waals surface area contributed by atoms with Gasteiger partial charge in [-0.15, -0.1) is 0 Å². The second-order valence-electron chi connectivity index (χ2n) is 6.48. The smallest absolute Gasteiger partial charge is 0.0677 e. The fourth-order valence-corrected chi connectivity index (χ4v) is 3.84. The first-order chi connectivity index (χ1) is 10.2. The van der Waals surface area contributed by atoms with Crippen LogP contribution in [0.3, 0.4) is 0 Å². The topological polar surface area (TPSA) is 39.5 Å². The maximum absolute atomic E-state index is 6.06. The molecule has 0 bridgehead atoms. The zero-order valence-corrected chi connectivity index (χ0v) is 13.3. The lowest BCUT2D eigenvalue weighted by Gasteiger charge is -2.50. The lowest BCUT2D eigenvalue weighted by Crippen LogP contribution is -2.56. The van der Waals surface area contributed by atoms with E-state index in [4.69, 9.17) is 9.47 Å². The maximum atomic E-state index is 6.06. The highest BCUT2D eigenvalue weighted by Crippen LogP contribution is 2.40. The summed E-state index contributed by atoms with van der Waals surface area (Å²) in [4.78, 5) is 2.54. The molecule has 2 fully saturated rings. The van der Waals surface area contributed by atoms with E-state index in [1.807, 2.05) is 17.9 Å². The number of nitrogens with zero attached hydrogens (tertiary/aromatic N) is 3. The monoisotopic (exact) mass is 293 g/mol. The first-order valence-electron chi connectivity index (χ1n) is 8.11. The average Bonchev–Trinajstić information content (AvgIpc) is 2.90. The molecule has 3 heterocycles. The summed E-state index contributed by atoms with van der Waals surface area (Å²) in [6.07, 6.45) is 7.96. The van der Waals surface area contributed by atoms with Gasteiger partial charge in [-0.3, -0.25) is 9.58 Å². The van der Waals surface area contributed by atoms with Gasteiger partial charge in [-0.05, 0) is 26.2 Å². The molecule has 0 N–H and O–H groups in total. The molecule has 118 valence electrons. The predicted molar refractivity (Wildman–Crippen MR) is 81.0 cm³/mol. The molecule has 0 amide bonds. The zero-order valence-electron chi connectivity index (χ0n) is 13.3. The molecule has 2 saturated heterocycles. The Kier molecular flexibility index (Phi) is 4.62. The number of hydrogen-bond donors (Lipinski definition) is 0. The van der Waals surface area contributed by atoms with Crippen molar-refractivity contribution in [3.63, 3.8) is 0 Å². The quantitative estimate of drug-likeness (QED) is 0.830. The highest BCUT2D eigenvalue weighted by molar-refractivity contribution is 5.05. The van der Waals surface area contributed by atoms with E-state index in [1.54, 1.807) is 0 Å². The number of fused-ring (bicyclic) bond motifs is 1. The lowest BCUT2D eigenvalue weighted by atomic mass is 9.73. The van der Waals surface area contributed by atoms with Gasteiger partial charge >= 0.3 is 0 Å². The Morgan fingerprint density at radius 2 is 2.43 bits per heavy atom. The van der Waals surface area contributed by atoms with Gasteiger partial charge in [-0.1, -0.05) is 0 Å². The molecule has 0 aromatic carbocycles. The SMILES string of the molecule is CCOC[C@]12CCCO[C@H]1CCN(Cc1cnn(C)c1)C2. The maximum Gasteiger partial charge on any atom is 0.0677 e. The fourth-order valence-electron chi connectivity index (χ4n) is 3.84. The van der Waals surface area contributed by atoms with Gasteiger partial charge in [0.2, 0.25) is 0 Å². The van der Waals surface area contributed by atoms with Crippen molar-refractivity contribution in [1.29, 1.82) is 0 Å². The third kappa shape index (κ3) is 3.30. The van der Waals surface area contributed by atoms with Crippen LogP contribution in [0.1, 0.15) is 31.7 Å². The summed E-state index contributed by atoms with van der Waals surface area (Å²) in [5.41, 5.74) is 1.48. The molecule has 0 aliphatic carbocycles. The van der Waals surface area contributed by atoms with Crippen molar-refractivity contribution in [2.75, 3.05) is 32.9 Å². The molecule has 2 aliphatic rings. The minimum absolute atomic E-state index is 0.189. The minimum atomic E-state index is 0.189. The lowest BCUT2D eigenvalue weighted by molar-refractivity contribution is -0.153. The summed E-state index contributed by atoms with van der Waals surface area (Å²) >= 11 is 0. The van der Waals surface area contributed by atoms with Crippen LogP contribution >= 0.6 is 0 Å². The van der Waals surface area contributed by atoms with Crippen LogP contribution in [0.25, 0.3) is 0 Å². The zero-order chi connectivity index (χ0) is 14.7. The van der Waals surface area contributed by atoms with E-state index in [1.165, 1.54) is 12.0 Å². The molecule has 0 spiro atoms. The van der Waals surface area contributed by atoms with E-state index >= 15 is 0 Å². The molecule has 1 aromatic rings. The summed E-state index contributed by atoms with van der Waals surface area (Å²) in [5.74, 6) is 0. The highest BCUT2D eigenvalue weighted by Gasteiger charge is 2.46. The Balaban J connectivity index is 1.68. The number of piperidine rings is 1. The number of likely N-dealkylation sites (tertiary alicyclic amines) is 1. The fraction of sp³-hybridized carbons (Fsp3) is 0.812. The molecule has 2 atom stereocenters. The molecule has 0 saturated carbocycles. The van der Waals surface area contributed by atoms with Gasteiger partial charge in [0.25, 0.3) is 0 Å². The first-order valence-corrected chi connectivity index (χ1v) is 8.11. The van der Waals surface area contributed by atoms with E-state index in [2.05, 4.69) is 23.1 Å². The standard InChI is InChI=1S/C16H27N3O2/c1-3-20-13-16-6-4-8-21-15(16)5-7-19(12-16)11-14-9-17-18(2)10-14/h9-10,15H,3-8,11-13H2,1-2H3/t15-,16+/m0/s1. The Morgan fingerprint density at radius 3 is 3.19 bits per heavy atom. The van der Waals surface area contributed by atoms with Crippen LogP contribution in [-0.4, -0.2) is 53.7 Å². The van der Waals surface area contributed by atoms with Crippen molar-refractivity contribution in [2.24, 2.45) is 12.5 Å². The molecule has 21 heavy (non-hydrogen) atoms. The molecule has 1 aromatic heterocycles. The van der Waals surface area contributed by atoms with Crippen molar-refractivity contribution in [3.8, 4) is 0 Å². The van der Waals surface area contributed by atoms with Crippen LogP contribution in [0.2, 0.25) is 0 Å². The molecule has 3 rings (SSSR count). The second-order valence-corrected chi connectivity index (χ2v) is 6.48. The summed E-state index contributed by atoms with van der Waals surface area (Å²) < 4.78 is 13.8. The number of rotatable bonds is 5. The molecule has 0 unspecified atom stereocenters. The number of ether oxygens (including phenoxy) is 2. The number of hydrogen-bond acceptors (Lipinski definition) is 4. The molecule has 5 nitrogen and oxygen atoms in total. The summed E-state index contributed by atoms with van der Waals surface area (Å²) in [5, 5.41) is 4.27. The van der Waals surface area contributed by atoms with Gasteiger partial charge in [-0.2, -0.15) is 5.10 Å². The molecular formula is C16H27N3O2. The third-order valence-electron chi connectivity index (χ3n) is 4.83. The second kappa shape index (κ2) is 6.46. The molecular weight excluding hydrogens is 266 g/mol. The Morgan fingerprint density at radius 1 is 1.52 bits per heavy atom. The van der Waals surface area contributed by atoms with E-state index in [0.717, 1.165) is 52.3 Å². The van der Waals surface area contributed by atoms with Crippen LogP contribution in [0.15, 0.2) is 12.4 Å². The largest absolute Gasteiger partial charge is 0.381 e. The molecule has 0 radical (unpaired) electrons. The van der Waals surface area contributed by atoms with Gasteiger partial charge in [0, 0.05) is 57.1 Å². The Bertz CT molecular complexity index is 462. The van der Waals surface area contributed by atoms with E-state index < -0.39 is 0 Å². The summed E-state index contributed by atoms with van der Waals surface area (Å²) in [7, 11) is 1.97. The van der Waals surface area contributed by atoms with Crippen LogP contribution in [-0.2, 0) is 23.1 Å². The van der Waals surface area contributed by atoms with Crippen LogP contribution in [0, 0.1) is 5.41 Å². The Labute approximate surface area is 127 Å². The van der Waals surface area contributed by atoms with Crippen LogP contribution in [0.4, 0.5) is 0 Å². The molecule has 5 heteroatoms. The average molecular weight is 293 g/mol. The Hall–Kier alpha value is -0.910. The van der Waals surface area contributed by atoms with E-state index in [-0.39, 0.29) is 5.41 Å². The molecule has 2 aliphatic heterocycles. The van der Waals surface area contributed by atoms with Gasteiger partial charge in [0.1, 0.15) is 0 Å². The minimum Gasteiger partial charge on any atom is -0.381 e. The van der Waals surface area contributed by atoms with Crippen LogP contribution in [0.5, 0.6) is 0 Å². The van der Waals surface area contributed by atoms with Gasteiger partial charge < -0.3 is 9.47 Å². The normalized spacial score (nSPS) is 30.3. The van der Waals surface area contributed by atoms with Crippen molar-refractivity contribution in [3.05, 3.63) is 18.0 Å². The highest BCUT2D eigenvalue weighted by atomic mass is 16.5. The van der Waals surface area contributed by atoms with Crippen LogP contribution < -0.4 is 0 Å². The number of aromatic nitrogens is 2. The van der Waals surface area contributed by atoms with Gasteiger partial charge in [-0.25, -0.2) is 0 Å².